The summed E-state index contributed by atoms with van der Waals surface area (Å²) in [6.45, 7) is 5.72. The Labute approximate surface area is 160 Å². The summed E-state index contributed by atoms with van der Waals surface area (Å²) in [5, 5.41) is 7.49. The second kappa shape index (κ2) is 6.77. The second-order valence-electron chi connectivity index (χ2n) is 6.69. The first-order valence-corrected chi connectivity index (χ1v) is 9.63. The number of rotatable bonds is 4. The van der Waals surface area contributed by atoms with Gasteiger partial charge >= 0.3 is 0 Å². The van der Waals surface area contributed by atoms with Crippen molar-refractivity contribution in [3.8, 4) is 0 Å². The Hall–Kier alpha value is -2.74. The zero-order chi connectivity index (χ0) is 19.1. The van der Waals surface area contributed by atoms with Crippen LogP contribution in [0.1, 0.15) is 40.7 Å². The molecule has 0 radical (unpaired) electrons. The van der Waals surface area contributed by atoms with Gasteiger partial charge in [-0.15, -0.1) is 5.10 Å². The van der Waals surface area contributed by atoms with E-state index < -0.39 is 0 Å². The Morgan fingerprint density at radius 1 is 1.22 bits per heavy atom. The van der Waals surface area contributed by atoms with E-state index in [-0.39, 0.29) is 16.9 Å². The van der Waals surface area contributed by atoms with Gasteiger partial charge in [0.1, 0.15) is 0 Å². The molecular formula is C19H19N5O2S. The number of nitrogens with one attached hydrogen (secondary N) is 1. The van der Waals surface area contributed by atoms with Crippen molar-refractivity contribution in [2.24, 2.45) is 0 Å². The Morgan fingerprint density at radius 3 is 2.85 bits per heavy atom. The van der Waals surface area contributed by atoms with Crippen LogP contribution < -0.4 is 5.32 Å². The van der Waals surface area contributed by atoms with Gasteiger partial charge in [-0.2, -0.15) is 4.98 Å². The summed E-state index contributed by atoms with van der Waals surface area (Å²) in [4.78, 5) is 33.1. The van der Waals surface area contributed by atoms with Crippen molar-refractivity contribution in [1.29, 1.82) is 0 Å². The highest BCUT2D eigenvalue weighted by atomic mass is 32.2. The number of aryl methyl sites for hydroxylation is 3. The first kappa shape index (κ1) is 17.7. The third-order valence-electron chi connectivity index (χ3n) is 4.54. The van der Waals surface area contributed by atoms with Gasteiger partial charge < -0.3 is 5.32 Å². The molecule has 0 saturated carbocycles. The van der Waals surface area contributed by atoms with Crippen LogP contribution in [-0.4, -0.2) is 36.5 Å². The van der Waals surface area contributed by atoms with Crippen molar-refractivity contribution in [1.82, 2.24) is 19.6 Å². The SMILES string of the molecule is Cc1cc(C)n2nc(SC(C)C(=O)c3ccc4c(c3)CCC(=O)N4)nc2n1. The summed E-state index contributed by atoms with van der Waals surface area (Å²) in [6.07, 6.45) is 1.11. The number of Topliss-reactive ketones (excluding diaryl/α,β-unsaturated/α-hetero) is 1. The zero-order valence-electron chi connectivity index (χ0n) is 15.3. The lowest BCUT2D eigenvalue weighted by Crippen LogP contribution is -2.20. The van der Waals surface area contributed by atoms with Gasteiger partial charge in [-0.05, 0) is 57.0 Å². The molecule has 1 aromatic carbocycles. The number of fused-ring (bicyclic) bond motifs is 2. The number of carbonyl (C=O) groups is 2. The van der Waals surface area contributed by atoms with Gasteiger partial charge in [0.05, 0.1) is 5.25 Å². The quantitative estimate of drug-likeness (QED) is 0.552. The molecule has 4 rings (SSSR count). The maximum absolute atomic E-state index is 12.8. The number of ketones is 1. The first-order valence-electron chi connectivity index (χ1n) is 8.75. The van der Waals surface area contributed by atoms with E-state index in [1.807, 2.05) is 32.9 Å². The van der Waals surface area contributed by atoms with Crippen molar-refractivity contribution in [2.75, 3.05) is 5.32 Å². The molecule has 8 heteroatoms. The molecule has 0 spiro atoms. The largest absolute Gasteiger partial charge is 0.326 e. The topological polar surface area (TPSA) is 89.3 Å². The van der Waals surface area contributed by atoms with E-state index in [1.165, 1.54) is 11.8 Å². The molecule has 3 heterocycles. The highest BCUT2D eigenvalue weighted by Crippen LogP contribution is 2.27. The molecule has 138 valence electrons. The van der Waals surface area contributed by atoms with Crippen LogP contribution in [0.2, 0.25) is 0 Å². The van der Waals surface area contributed by atoms with E-state index in [2.05, 4.69) is 20.4 Å². The van der Waals surface area contributed by atoms with E-state index >= 15 is 0 Å². The highest BCUT2D eigenvalue weighted by Gasteiger charge is 2.22. The minimum absolute atomic E-state index is 0.0133. The molecule has 1 amide bonds. The number of aromatic nitrogens is 4. The van der Waals surface area contributed by atoms with Crippen LogP contribution in [0.15, 0.2) is 29.4 Å². The third-order valence-corrected chi connectivity index (χ3v) is 5.49. The standard InChI is InChI=1S/C19H19N5O2S/c1-10-8-11(2)24-18(20-10)22-19(23-24)27-12(3)17(26)14-4-6-15-13(9-14)5-7-16(25)21-15/h4,6,8-9,12H,5,7H2,1-3H3,(H,21,25). The smallest absolute Gasteiger partial charge is 0.253 e. The maximum Gasteiger partial charge on any atom is 0.253 e. The Kier molecular flexibility index (Phi) is 4.43. The summed E-state index contributed by atoms with van der Waals surface area (Å²) in [5.74, 6) is 0.571. The van der Waals surface area contributed by atoms with Crippen LogP contribution in [0.4, 0.5) is 5.69 Å². The molecule has 7 nitrogen and oxygen atoms in total. The Balaban J connectivity index is 1.54. The van der Waals surface area contributed by atoms with Crippen LogP contribution in [0.25, 0.3) is 5.78 Å². The summed E-state index contributed by atoms with van der Waals surface area (Å²) >= 11 is 1.32. The molecule has 0 saturated heterocycles. The number of amides is 1. The number of nitrogens with zero attached hydrogens (tertiary/aromatic N) is 4. The summed E-state index contributed by atoms with van der Waals surface area (Å²) < 4.78 is 1.69. The molecule has 1 atom stereocenters. The van der Waals surface area contributed by atoms with Crippen LogP contribution in [0, 0.1) is 13.8 Å². The molecule has 3 aromatic rings. The molecule has 0 fully saturated rings. The van der Waals surface area contributed by atoms with E-state index in [0.29, 0.717) is 29.3 Å². The Morgan fingerprint density at radius 2 is 2.04 bits per heavy atom. The number of benzene rings is 1. The van der Waals surface area contributed by atoms with Crippen molar-refractivity contribution in [3.05, 3.63) is 46.8 Å². The lowest BCUT2D eigenvalue weighted by Gasteiger charge is -2.18. The average Bonchev–Trinajstić information content (AvgIpc) is 3.03. The lowest BCUT2D eigenvalue weighted by molar-refractivity contribution is -0.116. The van der Waals surface area contributed by atoms with Crippen LogP contribution >= 0.6 is 11.8 Å². The number of anilines is 1. The van der Waals surface area contributed by atoms with E-state index in [9.17, 15) is 9.59 Å². The molecule has 27 heavy (non-hydrogen) atoms. The van der Waals surface area contributed by atoms with Gasteiger partial charge in [0.2, 0.25) is 11.1 Å². The predicted octanol–water partition coefficient (Wildman–Crippen LogP) is 2.99. The van der Waals surface area contributed by atoms with Crippen molar-refractivity contribution in [3.63, 3.8) is 0 Å². The summed E-state index contributed by atoms with van der Waals surface area (Å²) in [7, 11) is 0. The molecule has 1 aliphatic heterocycles. The van der Waals surface area contributed by atoms with Crippen molar-refractivity contribution < 1.29 is 9.59 Å². The molecule has 0 aliphatic carbocycles. The zero-order valence-corrected chi connectivity index (χ0v) is 16.1. The van der Waals surface area contributed by atoms with Crippen LogP contribution in [0.5, 0.6) is 0 Å². The predicted molar refractivity (Wildman–Crippen MR) is 103 cm³/mol. The number of hydrogen-bond donors (Lipinski definition) is 1. The van der Waals surface area contributed by atoms with E-state index in [1.54, 1.807) is 16.6 Å². The van der Waals surface area contributed by atoms with E-state index in [0.717, 1.165) is 22.6 Å². The average molecular weight is 381 g/mol. The number of carbonyl (C=O) groups excluding carboxylic acids is 2. The molecular weight excluding hydrogens is 362 g/mol. The van der Waals surface area contributed by atoms with Gasteiger partial charge in [0, 0.05) is 29.1 Å². The van der Waals surface area contributed by atoms with Crippen LogP contribution in [0.3, 0.4) is 0 Å². The highest BCUT2D eigenvalue weighted by molar-refractivity contribution is 8.00. The van der Waals surface area contributed by atoms with E-state index in [4.69, 9.17) is 0 Å². The minimum atomic E-state index is -0.333. The molecule has 0 bridgehead atoms. The molecule has 1 N–H and O–H groups in total. The second-order valence-corrected chi connectivity index (χ2v) is 8.00. The maximum atomic E-state index is 12.8. The van der Waals surface area contributed by atoms with Crippen molar-refractivity contribution >= 4 is 34.9 Å². The fourth-order valence-electron chi connectivity index (χ4n) is 3.18. The molecule has 1 unspecified atom stereocenters. The van der Waals surface area contributed by atoms with Gasteiger partial charge in [-0.1, -0.05) is 11.8 Å². The van der Waals surface area contributed by atoms with Gasteiger partial charge in [-0.25, -0.2) is 9.50 Å². The van der Waals surface area contributed by atoms with Crippen molar-refractivity contribution in [2.45, 2.75) is 44.0 Å². The molecule has 1 aliphatic rings. The van der Waals surface area contributed by atoms with Gasteiger partial charge in [0.25, 0.3) is 5.78 Å². The fraction of sp³-hybridized carbons (Fsp3) is 0.316. The van der Waals surface area contributed by atoms with Gasteiger partial charge in [0.15, 0.2) is 5.78 Å². The Bertz CT molecular complexity index is 1080. The first-order chi connectivity index (χ1) is 12.9. The lowest BCUT2D eigenvalue weighted by atomic mass is 9.98. The monoisotopic (exact) mass is 381 g/mol. The summed E-state index contributed by atoms with van der Waals surface area (Å²) in [6, 6.07) is 7.38. The van der Waals surface area contributed by atoms with Gasteiger partial charge in [-0.3, -0.25) is 9.59 Å². The van der Waals surface area contributed by atoms with Crippen LogP contribution in [-0.2, 0) is 11.2 Å². The minimum Gasteiger partial charge on any atom is -0.326 e. The number of thioether (sulfide) groups is 1. The summed E-state index contributed by atoms with van der Waals surface area (Å²) in [5.41, 5.74) is 4.27. The number of hydrogen-bond acceptors (Lipinski definition) is 6. The third kappa shape index (κ3) is 3.44. The fourth-order valence-corrected chi connectivity index (χ4v) is 4.00. The normalized spacial score (nSPS) is 14.7. The molecule has 2 aromatic heterocycles.